The number of alkyl carbamates (subject to hydrolysis) is 1. The van der Waals surface area contributed by atoms with Gasteiger partial charge in [0, 0.05) is 27.5 Å². The number of aromatic nitrogens is 1. The Kier molecular flexibility index (Phi) is 7.06. The fourth-order valence-electron chi connectivity index (χ4n) is 3.25. The van der Waals surface area contributed by atoms with Crippen LogP contribution in [0.5, 0.6) is 0 Å². The van der Waals surface area contributed by atoms with E-state index in [4.69, 9.17) is 10.3 Å². The van der Waals surface area contributed by atoms with Gasteiger partial charge < -0.3 is 10.1 Å². The van der Waals surface area contributed by atoms with Gasteiger partial charge in [0.05, 0.1) is 16.5 Å². The molecular formula is C22H24BrN5O4S. The minimum Gasteiger partial charge on any atom is -0.444 e. The smallest absolute Gasteiger partial charge is 0.407 e. The standard InChI is InChI=1S/C22H24BrN5O4S/c1-14-5-8-16(9-6-14)33(30,31)28-13-18(17-10-7-15(23)11-20(17)28)19(26-27-24)12-25-21(29)32-22(2,3)4/h5-11,13,19H,12H2,1-4H3,(H,25,29)/t19-/m1/s1. The Balaban J connectivity index is 2.08. The monoisotopic (exact) mass is 533 g/mol. The van der Waals surface area contributed by atoms with E-state index in [-0.39, 0.29) is 11.4 Å². The van der Waals surface area contributed by atoms with Crippen LogP contribution in [-0.2, 0) is 14.8 Å². The van der Waals surface area contributed by atoms with Crippen LogP contribution < -0.4 is 5.32 Å². The number of hydrogen-bond donors (Lipinski definition) is 1. The number of azide groups is 1. The quantitative estimate of drug-likeness (QED) is 0.243. The molecule has 2 aromatic carbocycles. The lowest BCUT2D eigenvalue weighted by Crippen LogP contribution is -2.34. The van der Waals surface area contributed by atoms with Crippen molar-refractivity contribution in [3.8, 4) is 0 Å². The molecule has 174 valence electrons. The van der Waals surface area contributed by atoms with Gasteiger partial charge in [0.15, 0.2) is 0 Å². The Labute approximate surface area is 200 Å². The number of rotatable bonds is 6. The first kappa shape index (κ1) is 24.6. The van der Waals surface area contributed by atoms with Crippen LogP contribution in [0.1, 0.15) is 37.9 Å². The van der Waals surface area contributed by atoms with Gasteiger partial charge in [0.25, 0.3) is 10.0 Å². The molecule has 0 spiro atoms. The van der Waals surface area contributed by atoms with Crippen molar-refractivity contribution in [1.29, 1.82) is 0 Å². The number of ether oxygens (including phenoxy) is 1. The van der Waals surface area contributed by atoms with Crippen molar-refractivity contribution in [2.45, 2.75) is 44.2 Å². The van der Waals surface area contributed by atoms with E-state index in [1.165, 1.54) is 10.2 Å². The van der Waals surface area contributed by atoms with E-state index >= 15 is 0 Å². The van der Waals surface area contributed by atoms with E-state index in [2.05, 4.69) is 31.3 Å². The summed E-state index contributed by atoms with van der Waals surface area (Å²) in [5.74, 6) is 0. The van der Waals surface area contributed by atoms with Crippen molar-refractivity contribution in [2.75, 3.05) is 6.54 Å². The van der Waals surface area contributed by atoms with Crippen molar-refractivity contribution in [1.82, 2.24) is 9.29 Å². The second-order valence-electron chi connectivity index (χ2n) is 8.46. The Hall–Kier alpha value is -3.01. The molecule has 0 unspecified atom stereocenters. The maximum absolute atomic E-state index is 13.4. The largest absolute Gasteiger partial charge is 0.444 e. The number of benzene rings is 2. The SMILES string of the molecule is Cc1ccc(S(=O)(=O)n2cc([C@@H](CNC(=O)OC(C)(C)C)N=[N+]=[N-])c3ccc(Br)cc32)cc1. The molecule has 33 heavy (non-hydrogen) atoms. The van der Waals surface area contributed by atoms with Crippen LogP contribution in [0.3, 0.4) is 0 Å². The normalized spacial score (nSPS) is 12.8. The molecule has 1 heterocycles. The highest BCUT2D eigenvalue weighted by atomic mass is 79.9. The van der Waals surface area contributed by atoms with E-state index in [0.717, 1.165) is 5.56 Å². The summed E-state index contributed by atoms with van der Waals surface area (Å²) in [4.78, 5) is 15.1. The highest BCUT2D eigenvalue weighted by Crippen LogP contribution is 2.33. The third-order valence-corrected chi connectivity index (χ3v) is 6.91. The number of carbonyl (C=O) groups excluding carboxylic acids is 1. The first-order chi connectivity index (χ1) is 15.4. The molecular weight excluding hydrogens is 510 g/mol. The van der Waals surface area contributed by atoms with Crippen molar-refractivity contribution in [2.24, 2.45) is 5.11 Å². The summed E-state index contributed by atoms with van der Waals surface area (Å²) in [6, 6.07) is 10.9. The van der Waals surface area contributed by atoms with E-state index in [9.17, 15) is 13.2 Å². The van der Waals surface area contributed by atoms with Gasteiger partial charge in [-0.1, -0.05) is 44.8 Å². The summed E-state index contributed by atoms with van der Waals surface area (Å²) in [6.45, 7) is 7.01. The zero-order chi connectivity index (χ0) is 24.4. The molecule has 1 N–H and O–H groups in total. The van der Waals surface area contributed by atoms with Gasteiger partial charge in [-0.25, -0.2) is 17.2 Å². The molecule has 1 atom stereocenters. The molecule has 0 radical (unpaired) electrons. The Bertz CT molecular complexity index is 1340. The summed E-state index contributed by atoms with van der Waals surface area (Å²) < 4.78 is 34.0. The highest BCUT2D eigenvalue weighted by molar-refractivity contribution is 9.10. The number of hydrogen-bond acceptors (Lipinski definition) is 5. The summed E-state index contributed by atoms with van der Waals surface area (Å²) in [5, 5.41) is 6.98. The summed E-state index contributed by atoms with van der Waals surface area (Å²) in [5.41, 5.74) is 10.2. The molecule has 0 saturated carbocycles. The zero-order valence-corrected chi connectivity index (χ0v) is 21.0. The first-order valence-electron chi connectivity index (χ1n) is 10.1. The van der Waals surface area contributed by atoms with Crippen LogP contribution in [0.2, 0.25) is 0 Å². The van der Waals surface area contributed by atoms with Crippen LogP contribution in [0.15, 0.2) is 63.1 Å². The topological polar surface area (TPSA) is 126 Å². The molecule has 0 aliphatic heterocycles. The lowest BCUT2D eigenvalue weighted by Gasteiger charge is -2.20. The molecule has 0 aliphatic rings. The fraction of sp³-hybridized carbons (Fsp3) is 0.318. The summed E-state index contributed by atoms with van der Waals surface area (Å²) in [7, 11) is -3.93. The lowest BCUT2D eigenvalue weighted by atomic mass is 10.1. The molecule has 0 bridgehead atoms. The molecule has 1 aromatic heterocycles. The van der Waals surface area contributed by atoms with Gasteiger partial charge in [-0.15, -0.1) is 0 Å². The Morgan fingerprint density at radius 3 is 2.52 bits per heavy atom. The number of carbonyl (C=O) groups is 1. The number of nitrogens with one attached hydrogen (secondary N) is 1. The predicted octanol–water partition coefficient (Wildman–Crippen LogP) is 5.83. The molecule has 0 saturated heterocycles. The molecule has 3 aromatic rings. The van der Waals surface area contributed by atoms with Gasteiger partial charge in [-0.3, -0.25) is 0 Å². The minimum absolute atomic E-state index is 0.0707. The maximum atomic E-state index is 13.4. The van der Waals surface area contributed by atoms with E-state index < -0.39 is 27.8 Å². The van der Waals surface area contributed by atoms with Crippen molar-refractivity contribution in [3.63, 3.8) is 0 Å². The average molecular weight is 534 g/mol. The third-order valence-electron chi connectivity index (χ3n) is 4.73. The predicted molar refractivity (Wildman–Crippen MR) is 130 cm³/mol. The average Bonchev–Trinajstić information content (AvgIpc) is 3.09. The van der Waals surface area contributed by atoms with Gasteiger partial charge in [-0.2, -0.15) is 0 Å². The summed E-state index contributed by atoms with van der Waals surface area (Å²) >= 11 is 3.39. The Morgan fingerprint density at radius 1 is 1.24 bits per heavy atom. The lowest BCUT2D eigenvalue weighted by molar-refractivity contribution is 0.0524. The number of nitrogens with zero attached hydrogens (tertiary/aromatic N) is 4. The van der Waals surface area contributed by atoms with Crippen molar-refractivity contribution in [3.05, 3.63) is 74.7 Å². The van der Waals surface area contributed by atoms with Crippen molar-refractivity contribution >= 4 is 42.9 Å². The van der Waals surface area contributed by atoms with E-state index in [1.807, 2.05) is 6.92 Å². The third kappa shape index (κ3) is 5.68. The summed E-state index contributed by atoms with van der Waals surface area (Å²) in [6.07, 6.45) is 0.766. The van der Waals surface area contributed by atoms with Crippen LogP contribution in [0, 0.1) is 6.92 Å². The van der Waals surface area contributed by atoms with E-state index in [0.29, 0.717) is 20.9 Å². The molecule has 0 aliphatic carbocycles. The maximum Gasteiger partial charge on any atom is 0.407 e. The molecule has 1 amide bonds. The van der Waals surface area contributed by atoms with Crippen LogP contribution in [0.25, 0.3) is 21.3 Å². The van der Waals surface area contributed by atoms with Gasteiger partial charge >= 0.3 is 6.09 Å². The van der Waals surface area contributed by atoms with Crippen LogP contribution in [0.4, 0.5) is 4.79 Å². The minimum atomic E-state index is -3.93. The number of fused-ring (bicyclic) bond motifs is 1. The second-order valence-corrected chi connectivity index (χ2v) is 11.2. The number of amides is 1. The van der Waals surface area contributed by atoms with Crippen LogP contribution in [-0.4, -0.2) is 30.6 Å². The molecule has 9 nitrogen and oxygen atoms in total. The molecule has 0 fully saturated rings. The zero-order valence-electron chi connectivity index (χ0n) is 18.6. The van der Waals surface area contributed by atoms with Gasteiger partial charge in [0.2, 0.25) is 0 Å². The van der Waals surface area contributed by atoms with Crippen LogP contribution >= 0.6 is 15.9 Å². The Morgan fingerprint density at radius 2 is 1.91 bits per heavy atom. The number of halogens is 1. The first-order valence-corrected chi connectivity index (χ1v) is 12.3. The van der Waals surface area contributed by atoms with Gasteiger partial charge in [-0.05, 0) is 63.1 Å². The molecule has 3 rings (SSSR count). The fourth-order valence-corrected chi connectivity index (χ4v) is 4.97. The molecule has 11 heteroatoms. The second kappa shape index (κ2) is 9.46. The van der Waals surface area contributed by atoms with Crippen molar-refractivity contribution < 1.29 is 17.9 Å². The number of aryl methyl sites for hydroxylation is 1. The van der Waals surface area contributed by atoms with Gasteiger partial charge in [0.1, 0.15) is 5.60 Å². The highest BCUT2D eigenvalue weighted by Gasteiger charge is 2.25. The van der Waals surface area contributed by atoms with E-state index in [1.54, 1.807) is 63.2 Å².